The molecule has 1 aromatic heterocycles. The summed E-state index contributed by atoms with van der Waals surface area (Å²) >= 11 is 0. The van der Waals surface area contributed by atoms with Gasteiger partial charge in [0, 0.05) is 26.6 Å². The molecule has 6 nitrogen and oxygen atoms in total. The van der Waals surface area contributed by atoms with Crippen molar-refractivity contribution in [1.29, 1.82) is 0 Å². The van der Waals surface area contributed by atoms with E-state index >= 15 is 0 Å². The monoisotopic (exact) mass is 251 g/mol. The van der Waals surface area contributed by atoms with Crippen molar-refractivity contribution in [2.45, 2.75) is 39.8 Å². The van der Waals surface area contributed by atoms with Gasteiger partial charge >= 0.3 is 0 Å². The maximum atomic E-state index is 12.2. The van der Waals surface area contributed by atoms with Crippen LogP contribution in [-0.2, 0) is 24.3 Å². The summed E-state index contributed by atoms with van der Waals surface area (Å²) in [5.74, 6) is 1.94. The molecule has 6 heteroatoms. The summed E-state index contributed by atoms with van der Waals surface area (Å²) in [5.41, 5.74) is 5.10. The maximum Gasteiger partial charge on any atom is 0.229 e. The zero-order valence-electron chi connectivity index (χ0n) is 11.3. The summed E-state index contributed by atoms with van der Waals surface area (Å²) in [5, 5.41) is 8.30. The second-order valence-corrected chi connectivity index (χ2v) is 5.54. The molecule has 1 aromatic rings. The third-order valence-electron chi connectivity index (χ3n) is 3.50. The van der Waals surface area contributed by atoms with Crippen LogP contribution in [0.25, 0.3) is 0 Å². The van der Waals surface area contributed by atoms with Crippen LogP contribution in [0.3, 0.4) is 0 Å². The van der Waals surface area contributed by atoms with Crippen molar-refractivity contribution in [3.05, 3.63) is 11.6 Å². The van der Waals surface area contributed by atoms with Gasteiger partial charge < -0.3 is 15.2 Å². The molecule has 0 saturated carbocycles. The van der Waals surface area contributed by atoms with Gasteiger partial charge in [-0.15, -0.1) is 10.2 Å². The molecule has 0 fully saturated rings. The topological polar surface area (TPSA) is 77.0 Å². The number of carbonyl (C=O) groups excluding carboxylic acids is 1. The molecule has 100 valence electrons. The van der Waals surface area contributed by atoms with Gasteiger partial charge in [0.1, 0.15) is 5.82 Å². The fourth-order valence-corrected chi connectivity index (χ4v) is 2.22. The molecule has 0 radical (unpaired) electrons. The molecule has 0 atom stereocenters. The number of hydrogen-bond donors (Lipinski definition) is 1. The van der Waals surface area contributed by atoms with E-state index in [9.17, 15) is 4.79 Å². The largest absolute Gasteiger partial charge is 0.338 e. The van der Waals surface area contributed by atoms with E-state index in [0.29, 0.717) is 13.1 Å². The van der Waals surface area contributed by atoms with E-state index in [2.05, 4.69) is 14.8 Å². The Morgan fingerprint density at radius 2 is 2.22 bits per heavy atom. The van der Waals surface area contributed by atoms with Crippen molar-refractivity contribution in [2.24, 2.45) is 11.1 Å². The molecule has 1 amide bonds. The van der Waals surface area contributed by atoms with Crippen LogP contribution >= 0.6 is 0 Å². The molecule has 0 bridgehead atoms. The lowest BCUT2D eigenvalue weighted by molar-refractivity contribution is -0.139. The molecule has 2 N–H and O–H groups in total. The molecule has 0 unspecified atom stereocenters. The number of hydrogen-bond acceptors (Lipinski definition) is 4. The van der Waals surface area contributed by atoms with Crippen molar-refractivity contribution >= 4 is 5.91 Å². The number of rotatable bonds is 4. The van der Waals surface area contributed by atoms with E-state index in [-0.39, 0.29) is 5.91 Å². The average Bonchev–Trinajstić information content (AvgIpc) is 2.93. The van der Waals surface area contributed by atoms with Crippen molar-refractivity contribution in [3.63, 3.8) is 0 Å². The second-order valence-electron chi connectivity index (χ2n) is 5.54. The van der Waals surface area contributed by atoms with Gasteiger partial charge in [-0.25, -0.2) is 0 Å². The first-order valence-electron chi connectivity index (χ1n) is 6.32. The van der Waals surface area contributed by atoms with Crippen LogP contribution in [-0.4, -0.2) is 39.2 Å². The van der Waals surface area contributed by atoms with Gasteiger partial charge in [-0.2, -0.15) is 0 Å². The first-order valence-corrected chi connectivity index (χ1v) is 6.32. The first kappa shape index (κ1) is 13.0. The van der Waals surface area contributed by atoms with Crippen LogP contribution in [0.2, 0.25) is 0 Å². The second kappa shape index (κ2) is 4.68. The molecule has 2 heterocycles. The fraction of sp³-hybridized carbons (Fsp3) is 0.750. The third kappa shape index (κ3) is 2.25. The molecule has 0 aromatic carbocycles. The highest BCUT2D eigenvalue weighted by atomic mass is 16.2. The average molecular weight is 251 g/mol. The van der Waals surface area contributed by atoms with Crippen LogP contribution < -0.4 is 5.73 Å². The SMILES string of the molecule is CN(Cc1nnc2n1CCC2)C(=O)C(C)(C)CN. The first-order chi connectivity index (χ1) is 8.45. The van der Waals surface area contributed by atoms with Gasteiger partial charge in [0.05, 0.1) is 12.0 Å². The molecular formula is C12H21N5O. The zero-order valence-corrected chi connectivity index (χ0v) is 11.3. The molecule has 0 saturated heterocycles. The number of nitrogens with two attached hydrogens (primary N) is 1. The maximum absolute atomic E-state index is 12.2. The normalized spacial score (nSPS) is 14.7. The van der Waals surface area contributed by atoms with Gasteiger partial charge in [0.15, 0.2) is 5.82 Å². The van der Waals surface area contributed by atoms with E-state index in [4.69, 9.17) is 5.73 Å². The summed E-state index contributed by atoms with van der Waals surface area (Å²) in [7, 11) is 1.79. The quantitative estimate of drug-likeness (QED) is 0.827. The highest BCUT2D eigenvalue weighted by Crippen LogP contribution is 2.19. The Balaban J connectivity index is 2.07. The predicted molar refractivity (Wildman–Crippen MR) is 67.7 cm³/mol. The number of aromatic nitrogens is 3. The Kier molecular flexibility index (Phi) is 3.38. The molecule has 2 rings (SSSR count). The minimum Gasteiger partial charge on any atom is -0.338 e. The van der Waals surface area contributed by atoms with Crippen molar-refractivity contribution < 1.29 is 4.79 Å². The number of carbonyl (C=O) groups is 1. The Labute approximate surface area is 107 Å². The fourth-order valence-electron chi connectivity index (χ4n) is 2.22. The lowest BCUT2D eigenvalue weighted by Gasteiger charge is -2.27. The van der Waals surface area contributed by atoms with Crippen LogP contribution in [0.15, 0.2) is 0 Å². The smallest absolute Gasteiger partial charge is 0.229 e. The lowest BCUT2D eigenvalue weighted by atomic mass is 9.92. The third-order valence-corrected chi connectivity index (χ3v) is 3.50. The molecule has 0 aliphatic carbocycles. The highest BCUT2D eigenvalue weighted by Gasteiger charge is 2.30. The summed E-state index contributed by atoms with van der Waals surface area (Å²) in [6.07, 6.45) is 2.10. The van der Waals surface area contributed by atoms with Crippen molar-refractivity contribution in [2.75, 3.05) is 13.6 Å². The number of fused-ring (bicyclic) bond motifs is 1. The molecule has 18 heavy (non-hydrogen) atoms. The lowest BCUT2D eigenvalue weighted by Crippen LogP contribution is -2.42. The van der Waals surface area contributed by atoms with E-state index in [1.807, 2.05) is 13.8 Å². The molecule has 1 aliphatic rings. The van der Waals surface area contributed by atoms with Gasteiger partial charge in [0.2, 0.25) is 5.91 Å². The van der Waals surface area contributed by atoms with Crippen molar-refractivity contribution in [1.82, 2.24) is 19.7 Å². The van der Waals surface area contributed by atoms with Gasteiger partial charge in [-0.3, -0.25) is 4.79 Å². The van der Waals surface area contributed by atoms with E-state index in [0.717, 1.165) is 31.0 Å². The van der Waals surface area contributed by atoms with Gasteiger partial charge in [-0.05, 0) is 20.3 Å². The summed E-state index contributed by atoms with van der Waals surface area (Å²) < 4.78 is 2.11. The predicted octanol–water partition coefficient (Wildman–Crippen LogP) is 0.168. The van der Waals surface area contributed by atoms with Gasteiger partial charge in [-0.1, -0.05) is 0 Å². The minimum absolute atomic E-state index is 0.0420. The number of nitrogens with zero attached hydrogens (tertiary/aromatic N) is 4. The summed E-state index contributed by atoms with van der Waals surface area (Å²) in [6.45, 7) is 5.52. The Hall–Kier alpha value is -1.43. The van der Waals surface area contributed by atoms with Crippen LogP contribution in [0.4, 0.5) is 0 Å². The van der Waals surface area contributed by atoms with Crippen molar-refractivity contribution in [3.8, 4) is 0 Å². The van der Waals surface area contributed by atoms with Crippen LogP contribution in [0, 0.1) is 5.41 Å². The van der Waals surface area contributed by atoms with Gasteiger partial charge in [0.25, 0.3) is 0 Å². The van der Waals surface area contributed by atoms with E-state index in [1.165, 1.54) is 0 Å². The highest BCUT2D eigenvalue weighted by molar-refractivity contribution is 5.81. The Bertz CT molecular complexity index is 451. The minimum atomic E-state index is -0.525. The Morgan fingerprint density at radius 3 is 2.89 bits per heavy atom. The van der Waals surface area contributed by atoms with Crippen LogP contribution in [0.1, 0.15) is 31.9 Å². The summed E-state index contributed by atoms with van der Waals surface area (Å²) in [4.78, 5) is 13.9. The Morgan fingerprint density at radius 1 is 1.50 bits per heavy atom. The van der Waals surface area contributed by atoms with E-state index in [1.54, 1.807) is 11.9 Å². The van der Waals surface area contributed by atoms with Crippen LogP contribution in [0.5, 0.6) is 0 Å². The van der Waals surface area contributed by atoms with E-state index < -0.39 is 5.41 Å². The molecule has 1 aliphatic heterocycles. The molecular weight excluding hydrogens is 230 g/mol. The molecule has 0 spiro atoms. The summed E-state index contributed by atoms with van der Waals surface area (Å²) in [6, 6.07) is 0. The standard InChI is InChI=1S/C12H21N5O/c1-12(2,8-13)11(18)16(3)7-10-15-14-9-5-4-6-17(9)10/h4-8,13H2,1-3H3. The zero-order chi connectivity index (χ0) is 13.3. The number of amides is 1. The number of aryl methyl sites for hydroxylation is 1.